The Hall–Kier alpha value is -2.11. The van der Waals surface area contributed by atoms with Crippen LogP contribution in [0.25, 0.3) is 0 Å². The number of rotatable bonds is 4. The Morgan fingerprint density at radius 1 is 1.59 bits per heavy atom. The summed E-state index contributed by atoms with van der Waals surface area (Å²) in [7, 11) is 0. The molecule has 6 heteroatoms. The first-order chi connectivity index (χ1) is 8.27. The van der Waals surface area contributed by atoms with E-state index in [0.29, 0.717) is 6.61 Å². The summed E-state index contributed by atoms with van der Waals surface area (Å²) < 4.78 is 5.50. The zero-order valence-corrected chi connectivity index (χ0v) is 9.75. The number of carbonyl (C=O) groups excluding carboxylic acids is 1. The number of aldehydes is 1. The third-order valence-corrected chi connectivity index (χ3v) is 2.53. The van der Waals surface area contributed by atoms with Gasteiger partial charge in [-0.2, -0.15) is 0 Å². The molecule has 1 N–H and O–H groups in total. The van der Waals surface area contributed by atoms with E-state index >= 15 is 0 Å². The predicted molar refractivity (Wildman–Crippen MR) is 62.7 cm³/mol. The Bertz CT molecular complexity index is 447. The van der Waals surface area contributed by atoms with E-state index < -0.39 is 6.17 Å². The van der Waals surface area contributed by atoms with E-state index in [-0.39, 0.29) is 0 Å². The van der Waals surface area contributed by atoms with Gasteiger partial charge in [-0.1, -0.05) is 11.3 Å². The smallest absolute Gasteiger partial charge is 0.195 e. The zero-order valence-electron chi connectivity index (χ0n) is 9.75. The molecule has 0 fully saturated rings. The first-order valence-electron chi connectivity index (χ1n) is 5.41. The van der Waals surface area contributed by atoms with Gasteiger partial charge in [-0.15, -0.1) is 0 Å². The van der Waals surface area contributed by atoms with E-state index in [4.69, 9.17) is 4.74 Å². The minimum atomic E-state index is -0.550. The van der Waals surface area contributed by atoms with Crippen LogP contribution < -0.4 is 15.2 Å². The summed E-state index contributed by atoms with van der Waals surface area (Å²) in [6.07, 6.45) is 0.206. The molecule has 1 aliphatic heterocycles. The topological polar surface area (TPSA) is 66.3 Å². The number of ether oxygens (including phenoxy) is 1. The van der Waals surface area contributed by atoms with Gasteiger partial charge in [0.15, 0.2) is 12.5 Å². The summed E-state index contributed by atoms with van der Waals surface area (Å²) in [5.74, 6) is 0.789. The van der Waals surface area contributed by atoms with Gasteiger partial charge in [-0.05, 0) is 31.2 Å². The fourth-order valence-corrected chi connectivity index (χ4v) is 1.69. The molecule has 0 amide bonds. The summed E-state index contributed by atoms with van der Waals surface area (Å²) >= 11 is 0. The van der Waals surface area contributed by atoms with Crippen LogP contribution in [0.5, 0.6) is 5.75 Å². The van der Waals surface area contributed by atoms with Crippen LogP contribution >= 0.6 is 0 Å². The van der Waals surface area contributed by atoms with Crippen LogP contribution in [-0.2, 0) is 4.79 Å². The second-order valence-corrected chi connectivity index (χ2v) is 3.58. The highest BCUT2D eigenvalue weighted by molar-refractivity contribution is 5.68. The van der Waals surface area contributed by atoms with E-state index in [1.54, 1.807) is 0 Å². The largest absolute Gasteiger partial charge is 0.494 e. The number of nitrogens with one attached hydrogen (secondary N) is 1. The molecule has 90 valence electrons. The lowest BCUT2D eigenvalue weighted by Gasteiger charge is -2.20. The predicted octanol–water partition coefficient (Wildman–Crippen LogP) is 1.61. The van der Waals surface area contributed by atoms with Gasteiger partial charge in [-0.25, -0.2) is 5.01 Å². The van der Waals surface area contributed by atoms with Crippen molar-refractivity contribution >= 4 is 12.0 Å². The van der Waals surface area contributed by atoms with E-state index in [9.17, 15) is 4.79 Å². The van der Waals surface area contributed by atoms with Crippen LogP contribution in [0.1, 0.15) is 12.5 Å². The molecule has 1 aromatic carbocycles. The molecule has 1 heterocycles. The molecule has 1 aromatic rings. The number of benzene rings is 1. The summed E-state index contributed by atoms with van der Waals surface area (Å²) in [5.41, 5.74) is 4.35. The van der Waals surface area contributed by atoms with E-state index in [1.807, 2.05) is 32.0 Å². The normalized spacial score (nSPS) is 18.0. The van der Waals surface area contributed by atoms with Crippen LogP contribution in [0.4, 0.5) is 5.69 Å². The van der Waals surface area contributed by atoms with Crippen LogP contribution in [0.15, 0.2) is 28.6 Å². The van der Waals surface area contributed by atoms with Crippen molar-refractivity contribution in [3.8, 4) is 5.75 Å². The number of carbonyl (C=O) groups is 1. The number of nitrogens with zero attached hydrogens (tertiary/aromatic N) is 3. The molecule has 0 saturated heterocycles. The Balaban J connectivity index is 2.35. The fraction of sp³-hybridized carbons (Fsp3) is 0.364. The van der Waals surface area contributed by atoms with Crippen molar-refractivity contribution < 1.29 is 9.53 Å². The molecule has 2 rings (SSSR count). The molecular weight excluding hydrogens is 220 g/mol. The van der Waals surface area contributed by atoms with Crippen LogP contribution in [0.2, 0.25) is 0 Å². The second-order valence-electron chi connectivity index (χ2n) is 3.58. The number of hydrogen-bond donors (Lipinski definition) is 1. The Labute approximate surface area is 99.2 Å². The highest BCUT2D eigenvalue weighted by Crippen LogP contribution is 2.30. The minimum absolute atomic E-state index is 0.550. The standard InChI is InChI=1S/C11H14N4O2/c1-3-17-10-6-4-5-9(8(10)2)15-11(7-16)12-13-14-15/h4-7,11H,3H2,1-2H3,(H,12,14). The van der Waals surface area contributed by atoms with Crippen molar-refractivity contribution in [3.63, 3.8) is 0 Å². The van der Waals surface area contributed by atoms with Gasteiger partial charge >= 0.3 is 0 Å². The highest BCUT2D eigenvalue weighted by atomic mass is 16.5. The molecule has 0 saturated carbocycles. The Morgan fingerprint density at radius 3 is 3.12 bits per heavy atom. The molecule has 17 heavy (non-hydrogen) atoms. The quantitative estimate of drug-likeness (QED) is 0.804. The maximum atomic E-state index is 10.9. The summed E-state index contributed by atoms with van der Waals surface area (Å²) in [6, 6.07) is 5.63. The lowest BCUT2D eigenvalue weighted by Crippen LogP contribution is -2.36. The van der Waals surface area contributed by atoms with Gasteiger partial charge in [0, 0.05) is 5.56 Å². The lowest BCUT2D eigenvalue weighted by atomic mass is 10.1. The molecule has 0 radical (unpaired) electrons. The second kappa shape index (κ2) is 4.82. The number of hydrogen-bond acceptors (Lipinski definition) is 6. The molecule has 0 aromatic heterocycles. The van der Waals surface area contributed by atoms with E-state index in [1.165, 1.54) is 5.01 Å². The molecule has 1 aliphatic rings. The van der Waals surface area contributed by atoms with Gasteiger partial charge < -0.3 is 4.74 Å². The van der Waals surface area contributed by atoms with Gasteiger partial charge in [0.05, 0.1) is 12.3 Å². The zero-order chi connectivity index (χ0) is 12.3. The highest BCUT2D eigenvalue weighted by Gasteiger charge is 2.24. The molecule has 0 aliphatic carbocycles. The third-order valence-electron chi connectivity index (χ3n) is 2.53. The summed E-state index contributed by atoms with van der Waals surface area (Å²) in [4.78, 5) is 10.9. The summed E-state index contributed by atoms with van der Waals surface area (Å²) in [6.45, 7) is 4.45. The van der Waals surface area contributed by atoms with Crippen molar-refractivity contribution in [2.24, 2.45) is 10.4 Å². The third kappa shape index (κ3) is 2.06. The average molecular weight is 234 g/mol. The molecule has 0 bridgehead atoms. The maximum Gasteiger partial charge on any atom is 0.195 e. The van der Waals surface area contributed by atoms with Crippen molar-refractivity contribution in [2.45, 2.75) is 20.0 Å². The van der Waals surface area contributed by atoms with Crippen LogP contribution in [0.3, 0.4) is 0 Å². The Kier molecular flexibility index (Phi) is 3.22. The molecule has 1 atom stereocenters. The fourth-order valence-electron chi connectivity index (χ4n) is 1.69. The Morgan fingerprint density at radius 2 is 2.41 bits per heavy atom. The van der Waals surface area contributed by atoms with Gasteiger partial charge in [0.2, 0.25) is 0 Å². The molecular formula is C11H14N4O2. The van der Waals surface area contributed by atoms with Gasteiger partial charge in [-0.3, -0.25) is 10.2 Å². The van der Waals surface area contributed by atoms with Crippen LogP contribution in [0, 0.1) is 6.92 Å². The van der Waals surface area contributed by atoms with Gasteiger partial charge in [0.1, 0.15) is 5.75 Å². The van der Waals surface area contributed by atoms with Crippen molar-refractivity contribution in [1.82, 2.24) is 5.43 Å². The van der Waals surface area contributed by atoms with Crippen molar-refractivity contribution in [1.29, 1.82) is 0 Å². The lowest BCUT2D eigenvalue weighted by molar-refractivity contribution is -0.109. The number of anilines is 1. The van der Waals surface area contributed by atoms with E-state index in [0.717, 1.165) is 23.3 Å². The SMILES string of the molecule is CCOc1cccc(N2N=NNC2C=O)c1C. The molecule has 6 nitrogen and oxygen atoms in total. The first kappa shape index (κ1) is 11.4. The average Bonchev–Trinajstić information content (AvgIpc) is 2.80. The van der Waals surface area contributed by atoms with Crippen LogP contribution in [-0.4, -0.2) is 19.1 Å². The van der Waals surface area contributed by atoms with Gasteiger partial charge in [0.25, 0.3) is 0 Å². The summed E-state index contributed by atoms with van der Waals surface area (Å²) in [5, 5.41) is 9.05. The van der Waals surface area contributed by atoms with Crippen molar-refractivity contribution in [3.05, 3.63) is 23.8 Å². The minimum Gasteiger partial charge on any atom is -0.494 e. The maximum absolute atomic E-state index is 10.9. The first-order valence-corrected chi connectivity index (χ1v) is 5.41. The van der Waals surface area contributed by atoms with E-state index in [2.05, 4.69) is 15.9 Å². The molecule has 1 unspecified atom stereocenters. The van der Waals surface area contributed by atoms with Crippen molar-refractivity contribution in [2.75, 3.05) is 11.6 Å². The molecule has 0 spiro atoms. The monoisotopic (exact) mass is 234 g/mol.